The number of fused-ring (bicyclic) bond motifs is 1. The Labute approximate surface area is 209 Å². The van der Waals surface area contributed by atoms with Crippen molar-refractivity contribution >= 4 is 50.7 Å². The fraction of sp³-hybridized carbons (Fsp3) is 0.0370. The molecule has 0 bridgehead atoms. The highest BCUT2D eigenvalue weighted by Gasteiger charge is 2.12. The van der Waals surface area contributed by atoms with Gasteiger partial charge in [0.1, 0.15) is 5.75 Å². The number of ether oxygens (including phenoxy) is 1. The first kappa shape index (κ1) is 23.8. The highest BCUT2D eigenvalue weighted by molar-refractivity contribution is 9.10. The van der Waals surface area contributed by atoms with Crippen molar-refractivity contribution in [2.45, 2.75) is 0 Å². The Hall–Kier alpha value is -4.30. The zero-order valence-corrected chi connectivity index (χ0v) is 20.0. The Bertz CT molecular complexity index is 1410. The molecule has 2 amide bonds. The van der Waals surface area contributed by atoms with E-state index in [4.69, 9.17) is 4.74 Å². The van der Waals surface area contributed by atoms with Crippen LogP contribution >= 0.6 is 15.9 Å². The molecule has 0 saturated carbocycles. The van der Waals surface area contributed by atoms with E-state index in [1.54, 1.807) is 54.6 Å². The second-order valence-corrected chi connectivity index (χ2v) is 8.39. The number of halogens is 1. The number of carbonyl (C=O) groups excluding carboxylic acids is 3. The zero-order valence-electron chi connectivity index (χ0n) is 18.4. The van der Waals surface area contributed by atoms with Gasteiger partial charge in [-0.2, -0.15) is 5.10 Å². The van der Waals surface area contributed by atoms with Crippen LogP contribution in [0.25, 0.3) is 10.8 Å². The van der Waals surface area contributed by atoms with Crippen LogP contribution in [0.1, 0.15) is 26.3 Å². The third-order valence-electron chi connectivity index (χ3n) is 5.00. The Morgan fingerprint density at radius 2 is 1.63 bits per heavy atom. The van der Waals surface area contributed by atoms with Gasteiger partial charge in [-0.3, -0.25) is 9.59 Å². The summed E-state index contributed by atoms with van der Waals surface area (Å²) in [6.07, 6.45) is 1.45. The van der Waals surface area contributed by atoms with Gasteiger partial charge in [-0.15, -0.1) is 0 Å². The van der Waals surface area contributed by atoms with Crippen LogP contribution in [0.3, 0.4) is 0 Å². The summed E-state index contributed by atoms with van der Waals surface area (Å²) >= 11 is 3.30. The van der Waals surface area contributed by atoms with Crippen molar-refractivity contribution in [1.29, 1.82) is 0 Å². The Balaban J connectivity index is 1.28. The highest BCUT2D eigenvalue weighted by atomic mass is 79.9. The second-order valence-electron chi connectivity index (χ2n) is 7.47. The third kappa shape index (κ3) is 6.39. The first-order chi connectivity index (χ1) is 17.0. The van der Waals surface area contributed by atoms with Crippen LogP contribution < -0.4 is 15.5 Å². The molecule has 0 fully saturated rings. The van der Waals surface area contributed by atoms with Gasteiger partial charge in [0.05, 0.1) is 18.3 Å². The maximum Gasteiger partial charge on any atom is 0.344 e. The molecule has 0 saturated heterocycles. The maximum absolute atomic E-state index is 12.6. The Morgan fingerprint density at radius 1 is 0.886 bits per heavy atom. The molecule has 0 aromatic heterocycles. The van der Waals surface area contributed by atoms with Gasteiger partial charge in [-0.25, -0.2) is 10.2 Å². The summed E-state index contributed by atoms with van der Waals surface area (Å²) in [5, 5.41) is 8.21. The summed E-state index contributed by atoms with van der Waals surface area (Å²) in [5.41, 5.74) is 3.98. The van der Waals surface area contributed by atoms with Crippen LogP contribution in [0.15, 0.2) is 101 Å². The molecule has 4 aromatic carbocycles. The molecule has 4 aromatic rings. The Kier molecular flexibility index (Phi) is 7.64. The lowest BCUT2D eigenvalue weighted by Crippen LogP contribution is -2.34. The molecule has 2 N–H and O–H groups in total. The van der Waals surface area contributed by atoms with Gasteiger partial charge >= 0.3 is 5.97 Å². The van der Waals surface area contributed by atoms with Crippen LogP contribution in [-0.4, -0.2) is 30.5 Å². The van der Waals surface area contributed by atoms with Crippen LogP contribution in [-0.2, 0) is 4.79 Å². The molecule has 0 unspecified atom stereocenters. The van der Waals surface area contributed by atoms with Crippen LogP contribution in [0.4, 0.5) is 0 Å². The standard InChI is InChI=1S/C27H20BrN3O4/c28-21-8-3-7-20(15-21)26(33)29-17-25(32)31-30-16-18-11-13-22(14-12-18)35-27(34)24-10-4-6-19-5-1-2-9-23(19)24/h1-16H,17H2,(H,29,33)(H,31,32)/b30-16+. The summed E-state index contributed by atoms with van der Waals surface area (Å²) in [7, 11) is 0. The molecule has 0 heterocycles. The molecule has 0 aliphatic rings. The van der Waals surface area contributed by atoms with Gasteiger partial charge in [0.2, 0.25) is 0 Å². The second kappa shape index (κ2) is 11.2. The average Bonchev–Trinajstić information content (AvgIpc) is 2.88. The minimum absolute atomic E-state index is 0.217. The topological polar surface area (TPSA) is 96.9 Å². The number of benzene rings is 4. The van der Waals surface area contributed by atoms with Crippen molar-refractivity contribution in [3.8, 4) is 5.75 Å². The van der Waals surface area contributed by atoms with Gasteiger partial charge < -0.3 is 10.1 Å². The maximum atomic E-state index is 12.6. The summed E-state index contributed by atoms with van der Waals surface area (Å²) in [4.78, 5) is 36.7. The monoisotopic (exact) mass is 529 g/mol. The van der Waals surface area contributed by atoms with E-state index in [0.29, 0.717) is 22.4 Å². The van der Waals surface area contributed by atoms with Crippen molar-refractivity contribution < 1.29 is 19.1 Å². The predicted molar refractivity (Wildman–Crippen MR) is 138 cm³/mol. The number of amides is 2. The molecule has 0 aliphatic carbocycles. The van der Waals surface area contributed by atoms with E-state index in [0.717, 1.165) is 15.2 Å². The smallest absolute Gasteiger partial charge is 0.344 e. The lowest BCUT2D eigenvalue weighted by Gasteiger charge is -2.07. The molecule has 7 nitrogen and oxygen atoms in total. The Morgan fingerprint density at radius 3 is 2.43 bits per heavy atom. The van der Waals surface area contributed by atoms with E-state index >= 15 is 0 Å². The number of nitrogens with one attached hydrogen (secondary N) is 2. The molecule has 0 spiro atoms. The number of carbonyl (C=O) groups is 3. The lowest BCUT2D eigenvalue weighted by molar-refractivity contribution is -0.120. The van der Waals surface area contributed by atoms with Gasteiger partial charge in [0.15, 0.2) is 0 Å². The van der Waals surface area contributed by atoms with Crippen molar-refractivity contribution in [2.75, 3.05) is 6.54 Å². The van der Waals surface area contributed by atoms with Crippen LogP contribution in [0.5, 0.6) is 5.75 Å². The van der Waals surface area contributed by atoms with E-state index in [-0.39, 0.29) is 12.5 Å². The summed E-state index contributed by atoms with van der Waals surface area (Å²) < 4.78 is 6.28. The largest absolute Gasteiger partial charge is 0.423 e. The molecule has 4 rings (SSSR count). The SMILES string of the molecule is O=C(CNC(=O)c1cccc(Br)c1)N/N=C/c1ccc(OC(=O)c2cccc3ccccc23)cc1. The van der Waals surface area contributed by atoms with Gasteiger partial charge in [0, 0.05) is 10.0 Å². The lowest BCUT2D eigenvalue weighted by atomic mass is 10.0. The first-order valence-electron chi connectivity index (χ1n) is 10.7. The molecule has 35 heavy (non-hydrogen) atoms. The van der Waals surface area contributed by atoms with Crippen LogP contribution in [0, 0.1) is 0 Å². The number of hydrazone groups is 1. The minimum Gasteiger partial charge on any atom is -0.423 e. The molecular weight excluding hydrogens is 510 g/mol. The summed E-state index contributed by atoms with van der Waals surface area (Å²) in [5.74, 6) is -0.885. The molecular formula is C27H20BrN3O4. The van der Waals surface area contributed by atoms with Crippen molar-refractivity contribution in [1.82, 2.24) is 10.7 Å². The van der Waals surface area contributed by atoms with E-state index in [2.05, 4.69) is 31.8 Å². The number of rotatable bonds is 7. The molecule has 174 valence electrons. The zero-order chi connectivity index (χ0) is 24.6. The van der Waals surface area contributed by atoms with E-state index in [9.17, 15) is 14.4 Å². The summed E-state index contributed by atoms with van der Waals surface area (Å²) in [6, 6.07) is 26.7. The van der Waals surface area contributed by atoms with Crippen molar-refractivity contribution in [3.63, 3.8) is 0 Å². The molecule has 0 radical (unpaired) electrons. The fourth-order valence-electron chi connectivity index (χ4n) is 3.30. The van der Waals surface area contributed by atoms with Crippen molar-refractivity contribution in [2.24, 2.45) is 5.10 Å². The molecule has 8 heteroatoms. The first-order valence-corrected chi connectivity index (χ1v) is 11.4. The average molecular weight is 530 g/mol. The van der Waals surface area contributed by atoms with E-state index in [1.807, 2.05) is 36.4 Å². The molecule has 0 atom stereocenters. The number of esters is 1. The number of hydrogen-bond acceptors (Lipinski definition) is 5. The van der Waals surface area contributed by atoms with Gasteiger partial charge in [-0.05, 0) is 64.9 Å². The highest BCUT2D eigenvalue weighted by Crippen LogP contribution is 2.21. The number of nitrogens with zero attached hydrogens (tertiary/aromatic N) is 1. The predicted octanol–water partition coefficient (Wildman–Crippen LogP) is 4.70. The normalized spacial score (nSPS) is 10.8. The minimum atomic E-state index is -0.467. The quantitative estimate of drug-likeness (QED) is 0.157. The fourth-order valence-corrected chi connectivity index (χ4v) is 3.70. The van der Waals surface area contributed by atoms with E-state index < -0.39 is 11.9 Å². The van der Waals surface area contributed by atoms with Gasteiger partial charge in [-0.1, -0.05) is 58.4 Å². The third-order valence-corrected chi connectivity index (χ3v) is 5.49. The van der Waals surface area contributed by atoms with Crippen LogP contribution in [0.2, 0.25) is 0 Å². The van der Waals surface area contributed by atoms with Gasteiger partial charge in [0.25, 0.3) is 11.8 Å². The van der Waals surface area contributed by atoms with Crippen molar-refractivity contribution in [3.05, 3.63) is 112 Å². The molecule has 0 aliphatic heterocycles. The number of hydrogen-bond donors (Lipinski definition) is 2. The summed E-state index contributed by atoms with van der Waals surface area (Å²) in [6.45, 7) is -0.217. The van der Waals surface area contributed by atoms with E-state index in [1.165, 1.54) is 6.21 Å².